The Morgan fingerprint density at radius 1 is 1.39 bits per heavy atom. The van der Waals surface area contributed by atoms with Gasteiger partial charge in [-0.3, -0.25) is 4.79 Å². The van der Waals surface area contributed by atoms with Crippen LogP contribution in [0.3, 0.4) is 0 Å². The number of alkyl halides is 3. The maximum absolute atomic E-state index is 12.7. The van der Waals surface area contributed by atoms with Gasteiger partial charge in [-0.1, -0.05) is 0 Å². The van der Waals surface area contributed by atoms with Crippen LogP contribution in [0.4, 0.5) is 13.2 Å². The van der Waals surface area contributed by atoms with E-state index in [-0.39, 0.29) is 29.6 Å². The molecule has 8 nitrogen and oxygen atoms in total. The highest BCUT2D eigenvalue weighted by atomic mass is 19.4. The van der Waals surface area contributed by atoms with Crippen molar-refractivity contribution in [2.75, 3.05) is 6.61 Å². The van der Waals surface area contributed by atoms with Gasteiger partial charge in [-0.15, -0.1) is 10.2 Å². The fourth-order valence-electron chi connectivity index (χ4n) is 2.90. The minimum Gasteiger partial charge on any atom is -0.477 e. The Balaban J connectivity index is 1.82. The Hall–Kier alpha value is -3.24. The molecule has 1 aliphatic heterocycles. The Morgan fingerprint density at radius 3 is 2.71 bits per heavy atom. The second kappa shape index (κ2) is 7.06. The van der Waals surface area contributed by atoms with Gasteiger partial charge in [0, 0.05) is 29.4 Å². The molecule has 0 fully saturated rings. The molecular weight excluding hydrogens is 381 g/mol. The highest BCUT2D eigenvalue weighted by Gasteiger charge is 2.35. The fourth-order valence-corrected chi connectivity index (χ4v) is 2.90. The molecule has 3 rings (SSSR count). The van der Waals surface area contributed by atoms with Gasteiger partial charge < -0.3 is 14.7 Å². The highest BCUT2D eigenvalue weighted by molar-refractivity contribution is 6.01. The first-order valence-corrected chi connectivity index (χ1v) is 8.14. The van der Waals surface area contributed by atoms with Crippen molar-refractivity contribution >= 4 is 11.9 Å². The van der Waals surface area contributed by atoms with Crippen molar-refractivity contribution in [3.05, 3.63) is 46.4 Å². The molecule has 1 N–H and O–H groups in total. The number of carboxylic acids is 1. The van der Waals surface area contributed by atoms with E-state index in [9.17, 15) is 27.9 Å². The summed E-state index contributed by atoms with van der Waals surface area (Å²) in [7, 11) is 0. The number of aryl methyl sites for hydroxylation is 1. The lowest BCUT2D eigenvalue weighted by Gasteiger charge is -2.24. The van der Waals surface area contributed by atoms with Crippen molar-refractivity contribution in [3.63, 3.8) is 0 Å². The molecule has 3 heterocycles. The SMILES string of the molecule is Cc1cc(C(C)N2Cc3c(ccnc3C(=O)O)C2=O)nnc1OCC(F)(F)F. The maximum Gasteiger partial charge on any atom is 0.422 e. The molecule has 0 bridgehead atoms. The van der Waals surface area contributed by atoms with E-state index in [0.29, 0.717) is 16.8 Å². The maximum atomic E-state index is 12.7. The number of ether oxygens (including phenoxy) is 1. The normalized spacial score (nSPS) is 14.8. The molecule has 1 amide bonds. The molecule has 1 aliphatic rings. The summed E-state index contributed by atoms with van der Waals surface area (Å²) in [6.07, 6.45) is -3.24. The van der Waals surface area contributed by atoms with Gasteiger partial charge in [-0.2, -0.15) is 13.2 Å². The number of carbonyl (C=O) groups excluding carboxylic acids is 1. The molecular formula is C17H15F3N4O4. The van der Waals surface area contributed by atoms with E-state index >= 15 is 0 Å². The third kappa shape index (κ3) is 3.73. The van der Waals surface area contributed by atoms with E-state index in [1.807, 2.05) is 0 Å². The molecule has 0 aromatic carbocycles. The lowest BCUT2D eigenvalue weighted by atomic mass is 10.1. The zero-order valence-corrected chi connectivity index (χ0v) is 14.8. The number of carbonyl (C=O) groups is 2. The summed E-state index contributed by atoms with van der Waals surface area (Å²) >= 11 is 0. The van der Waals surface area contributed by atoms with Gasteiger partial charge in [-0.25, -0.2) is 9.78 Å². The van der Waals surface area contributed by atoms with Crippen molar-refractivity contribution in [2.24, 2.45) is 0 Å². The number of amides is 1. The number of nitrogens with zero attached hydrogens (tertiary/aromatic N) is 4. The second-order valence-electron chi connectivity index (χ2n) is 6.26. The molecule has 148 valence electrons. The standard InChI is InChI=1S/C17H15F3N4O4/c1-8-5-12(22-23-14(8)28-7-17(18,19)20)9(2)24-6-11-10(15(24)25)3-4-21-13(11)16(26)27/h3-5,9H,6-7H2,1-2H3,(H,26,27). The molecule has 1 atom stereocenters. The van der Waals surface area contributed by atoms with Gasteiger partial charge in [-0.05, 0) is 26.0 Å². The first-order valence-electron chi connectivity index (χ1n) is 8.14. The Kier molecular flexibility index (Phi) is 4.92. The first kappa shape index (κ1) is 19.5. The number of aromatic nitrogens is 3. The average Bonchev–Trinajstić information content (AvgIpc) is 2.96. The van der Waals surface area contributed by atoms with Crippen LogP contribution in [0.2, 0.25) is 0 Å². The lowest BCUT2D eigenvalue weighted by molar-refractivity contribution is -0.154. The van der Waals surface area contributed by atoms with Crippen LogP contribution in [0, 0.1) is 6.92 Å². The van der Waals surface area contributed by atoms with Crippen LogP contribution >= 0.6 is 0 Å². The van der Waals surface area contributed by atoms with Crippen LogP contribution in [-0.2, 0) is 6.54 Å². The second-order valence-corrected chi connectivity index (χ2v) is 6.26. The van der Waals surface area contributed by atoms with Crippen LogP contribution in [0.5, 0.6) is 5.88 Å². The number of rotatable bonds is 5. The van der Waals surface area contributed by atoms with Crippen LogP contribution in [0.25, 0.3) is 0 Å². The van der Waals surface area contributed by atoms with E-state index in [1.165, 1.54) is 30.2 Å². The zero-order chi connectivity index (χ0) is 20.6. The highest BCUT2D eigenvalue weighted by Crippen LogP contribution is 2.32. The Morgan fingerprint density at radius 2 is 2.11 bits per heavy atom. The summed E-state index contributed by atoms with van der Waals surface area (Å²) in [6, 6.07) is 2.34. The average molecular weight is 396 g/mol. The van der Waals surface area contributed by atoms with Crippen LogP contribution in [0.1, 0.15) is 50.6 Å². The van der Waals surface area contributed by atoms with Crippen LogP contribution in [0.15, 0.2) is 18.3 Å². The van der Waals surface area contributed by atoms with Crippen molar-refractivity contribution in [2.45, 2.75) is 32.6 Å². The quantitative estimate of drug-likeness (QED) is 0.828. The minimum atomic E-state index is -4.50. The largest absolute Gasteiger partial charge is 0.477 e. The molecule has 0 spiro atoms. The third-order valence-electron chi connectivity index (χ3n) is 4.30. The Labute approximate surface area is 157 Å². The molecule has 28 heavy (non-hydrogen) atoms. The number of hydrogen-bond donors (Lipinski definition) is 1. The van der Waals surface area contributed by atoms with Crippen LogP contribution < -0.4 is 4.74 Å². The predicted octanol–water partition coefficient (Wildman–Crippen LogP) is 2.54. The van der Waals surface area contributed by atoms with E-state index in [1.54, 1.807) is 6.92 Å². The van der Waals surface area contributed by atoms with Gasteiger partial charge in [0.05, 0.1) is 11.7 Å². The molecule has 0 radical (unpaired) electrons. The summed E-state index contributed by atoms with van der Waals surface area (Å²) < 4.78 is 41.5. The van der Waals surface area contributed by atoms with E-state index in [0.717, 1.165) is 0 Å². The number of halogens is 3. The minimum absolute atomic E-state index is 0.0257. The lowest BCUT2D eigenvalue weighted by Crippen LogP contribution is -2.28. The summed E-state index contributed by atoms with van der Waals surface area (Å²) in [5.74, 6) is -1.87. The van der Waals surface area contributed by atoms with Gasteiger partial charge in [0.15, 0.2) is 12.3 Å². The monoisotopic (exact) mass is 396 g/mol. The Bertz CT molecular complexity index is 948. The fraction of sp³-hybridized carbons (Fsp3) is 0.353. The smallest absolute Gasteiger partial charge is 0.422 e. The molecule has 2 aromatic heterocycles. The molecule has 0 saturated heterocycles. The summed E-state index contributed by atoms with van der Waals surface area (Å²) in [5, 5.41) is 16.8. The topological polar surface area (TPSA) is 106 Å². The van der Waals surface area contributed by atoms with Gasteiger partial charge in [0.2, 0.25) is 5.88 Å². The van der Waals surface area contributed by atoms with Gasteiger partial charge in [0.1, 0.15) is 0 Å². The predicted molar refractivity (Wildman–Crippen MR) is 87.8 cm³/mol. The van der Waals surface area contributed by atoms with Crippen molar-refractivity contribution in [1.29, 1.82) is 0 Å². The third-order valence-corrected chi connectivity index (χ3v) is 4.30. The summed E-state index contributed by atoms with van der Waals surface area (Å²) in [5.41, 5.74) is 1.02. The summed E-state index contributed by atoms with van der Waals surface area (Å²) in [4.78, 5) is 29.2. The number of fused-ring (bicyclic) bond motifs is 1. The van der Waals surface area contributed by atoms with E-state index in [4.69, 9.17) is 0 Å². The molecule has 1 unspecified atom stereocenters. The molecule has 2 aromatic rings. The molecule has 0 aliphatic carbocycles. The van der Waals surface area contributed by atoms with Gasteiger partial charge in [0.25, 0.3) is 5.91 Å². The number of aromatic carboxylic acids is 1. The summed E-state index contributed by atoms with van der Waals surface area (Å²) in [6.45, 7) is 1.72. The molecule has 11 heteroatoms. The van der Waals surface area contributed by atoms with E-state index in [2.05, 4.69) is 19.9 Å². The van der Waals surface area contributed by atoms with Crippen LogP contribution in [-0.4, -0.2) is 49.8 Å². The molecule has 0 saturated carbocycles. The first-order chi connectivity index (χ1) is 13.1. The number of hydrogen-bond acceptors (Lipinski definition) is 6. The zero-order valence-electron chi connectivity index (χ0n) is 14.8. The van der Waals surface area contributed by atoms with Gasteiger partial charge >= 0.3 is 12.1 Å². The number of carboxylic acid groups (broad SMARTS) is 1. The van der Waals surface area contributed by atoms with E-state index < -0.39 is 24.8 Å². The van der Waals surface area contributed by atoms with Crippen molar-refractivity contribution < 1.29 is 32.6 Å². The van der Waals surface area contributed by atoms with Crippen molar-refractivity contribution in [1.82, 2.24) is 20.1 Å². The van der Waals surface area contributed by atoms with Crippen molar-refractivity contribution in [3.8, 4) is 5.88 Å². The number of pyridine rings is 1.